The number of nitrogens with two attached hydrogens (primary N) is 1. The van der Waals surface area contributed by atoms with E-state index in [-0.39, 0.29) is 11.0 Å². The van der Waals surface area contributed by atoms with Crippen LogP contribution in [0.4, 0.5) is 0 Å². The molecule has 5 heteroatoms. The molecule has 0 unspecified atom stereocenters. The highest BCUT2D eigenvalue weighted by Gasteiger charge is 2.26. The zero-order valence-corrected chi connectivity index (χ0v) is 9.87. The summed E-state index contributed by atoms with van der Waals surface area (Å²) in [5.41, 5.74) is 5.74. The van der Waals surface area contributed by atoms with Crippen LogP contribution in [0.1, 0.15) is 34.9 Å². The number of aromatic nitrogens is 1. The van der Waals surface area contributed by atoms with Crippen LogP contribution in [0, 0.1) is 6.92 Å². The monoisotopic (exact) mass is 270 g/mol. The van der Waals surface area contributed by atoms with Crippen LogP contribution in [-0.4, -0.2) is 10.5 Å². The van der Waals surface area contributed by atoms with E-state index in [1.54, 1.807) is 6.20 Å². The van der Waals surface area contributed by atoms with Crippen molar-refractivity contribution in [1.29, 1.82) is 0 Å². The molecule has 1 amide bonds. The molecule has 0 bridgehead atoms. The molecule has 1 aliphatic rings. The normalized spacial score (nSPS) is 15.3. The van der Waals surface area contributed by atoms with Crippen LogP contribution in [0.2, 0.25) is 0 Å². The van der Waals surface area contributed by atoms with Gasteiger partial charge in [0.15, 0.2) is 0 Å². The van der Waals surface area contributed by atoms with E-state index in [0.29, 0.717) is 10.5 Å². The third kappa shape index (κ3) is 1.71. The Kier molecular flexibility index (Phi) is 2.42. The molecule has 1 aliphatic carbocycles. The van der Waals surface area contributed by atoms with Crippen molar-refractivity contribution in [2.75, 3.05) is 0 Å². The molecule has 0 aromatic carbocycles. The molecular weight excluding hydrogens is 260 g/mol. The topological polar surface area (TPSA) is 65.1 Å². The van der Waals surface area contributed by atoms with E-state index in [0.717, 1.165) is 18.5 Å². The fraction of sp³-hybridized carbons (Fsp3) is 0.400. The van der Waals surface area contributed by atoms with Crippen LogP contribution in [0.3, 0.4) is 0 Å². The van der Waals surface area contributed by atoms with Crippen LogP contribution in [-0.2, 0) is 0 Å². The molecule has 1 heterocycles. The van der Waals surface area contributed by atoms with Gasteiger partial charge in [0, 0.05) is 17.9 Å². The van der Waals surface area contributed by atoms with E-state index in [2.05, 4.69) is 15.9 Å². The fourth-order valence-electron chi connectivity index (χ4n) is 1.60. The molecule has 80 valence electrons. The maximum atomic E-state index is 11.7. The van der Waals surface area contributed by atoms with E-state index >= 15 is 0 Å². The number of nitrogens with zero attached hydrogens (tertiary/aromatic N) is 1. The quantitative estimate of drug-likeness (QED) is 0.882. The summed E-state index contributed by atoms with van der Waals surface area (Å²) in [5.74, 6) is -0.671. The van der Waals surface area contributed by atoms with Gasteiger partial charge in [-0.15, -0.1) is 0 Å². The number of carbonyl (C=O) groups excluding carboxylic acids is 1. The summed E-state index contributed by atoms with van der Waals surface area (Å²) in [6, 6.07) is 0.417. The molecule has 0 spiro atoms. The van der Waals surface area contributed by atoms with Gasteiger partial charge in [-0.2, -0.15) is 0 Å². The fourth-order valence-corrected chi connectivity index (χ4v) is 2.02. The minimum absolute atomic E-state index is 0.0550. The van der Waals surface area contributed by atoms with Gasteiger partial charge in [0.1, 0.15) is 5.56 Å². The van der Waals surface area contributed by atoms with Gasteiger partial charge in [-0.3, -0.25) is 9.59 Å². The predicted octanol–water partition coefficient (Wildman–Crippen LogP) is 1.35. The number of amides is 1. The Hall–Kier alpha value is -1.10. The second kappa shape index (κ2) is 3.48. The third-order valence-electron chi connectivity index (χ3n) is 2.62. The lowest BCUT2D eigenvalue weighted by molar-refractivity contribution is 0.0998. The van der Waals surface area contributed by atoms with Gasteiger partial charge in [-0.05, 0) is 35.7 Å². The molecule has 0 radical (unpaired) electrons. The first kappa shape index (κ1) is 10.4. The Morgan fingerprint density at radius 3 is 2.67 bits per heavy atom. The van der Waals surface area contributed by atoms with Gasteiger partial charge >= 0.3 is 0 Å². The summed E-state index contributed by atoms with van der Waals surface area (Å²) in [5, 5.41) is 0. The summed E-state index contributed by atoms with van der Waals surface area (Å²) < 4.78 is 2.39. The Morgan fingerprint density at radius 2 is 2.20 bits per heavy atom. The lowest BCUT2D eigenvalue weighted by atomic mass is 10.2. The Balaban J connectivity index is 2.68. The zero-order valence-electron chi connectivity index (χ0n) is 8.29. The van der Waals surface area contributed by atoms with E-state index in [9.17, 15) is 9.59 Å². The summed E-state index contributed by atoms with van der Waals surface area (Å²) in [4.78, 5) is 22.7. The molecule has 0 aliphatic heterocycles. The SMILES string of the molecule is Cc1c(Br)c(=O)c(C(N)=O)cn1C1CC1. The van der Waals surface area contributed by atoms with Crippen molar-refractivity contribution < 1.29 is 4.79 Å². The molecule has 2 N–H and O–H groups in total. The van der Waals surface area contributed by atoms with Gasteiger partial charge in [0.25, 0.3) is 5.91 Å². The molecular formula is C10H11BrN2O2. The predicted molar refractivity (Wildman–Crippen MR) is 59.9 cm³/mol. The van der Waals surface area contributed by atoms with E-state index in [1.807, 2.05) is 11.5 Å². The molecule has 1 saturated carbocycles. The van der Waals surface area contributed by atoms with Crippen molar-refractivity contribution in [3.63, 3.8) is 0 Å². The van der Waals surface area contributed by atoms with Gasteiger partial charge < -0.3 is 10.3 Å². The van der Waals surface area contributed by atoms with Crippen molar-refractivity contribution in [1.82, 2.24) is 4.57 Å². The first-order valence-electron chi connectivity index (χ1n) is 4.73. The van der Waals surface area contributed by atoms with Crippen molar-refractivity contribution in [3.8, 4) is 0 Å². The van der Waals surface area contributed by atoms with Gasteiger partial charge in [-0.1, -0.05) is 0 Å². The smallest absolute Gasteiger partial charge is 0.254 e. The van der Waals surface area contributed by atoms with Gasteiger partial charge in [0.2, 0.25) is 5.43 Å². The molecule has 1 fully saturated rings. The minimum Gasteiger partial charge on any atom is -0.365 e. The average Bonchev–Trinajstić information content (AvgIpc) is 2.97. The zero-order chi connectivity index (χ0) is 11.2. The van der Waals surface area contributed by atoms with Crippen LogP contribution in [0.15, 0.2) is 15.5 Å². The third-order valence-corrected chi connectivity index (χ3v) is 3.56. The Morgan fingerprint density at radius 1 is 1.60 bits per heavy atom. The highest BCUT2D eigenvalue weighted by molar-refractivity contribution is 9.10. The number of carbonyl (C=O) groups is 1. The van der Waals surface area contributed by atoms with E-state index in [4.69, 9.17) is 5.73 Å². The largest absolute Gasteiger partial charge is 0.365 e. The number of pyridine rings is 1. The number of rotatable bonds is 2. The maximum absolute atomic E-state index is 11.7. The molecule has 4 nitrogen and oxygen atoms in total. The molecule has 0 saturated heterocycles. The summed E-state index contributed by atoms with van der Waals surface area (Å²) in [7, 11) is 0. The van der Waals surface area contributed by atoms with Crippen LogP contribution >= 0.6 is 15.9 Å². The summed E-state index contributed by atoms with van der Waals surface area (Å²) in [6.45, 7) is 1.86. The van der Waals surface area contributed by atoms with E-state index < -0.39 is 5.91 Å². The number of halogens is 1. The Labute approximate surface area is 95.2 Å². The van der Waals surface area contributed by atoms with Crippen molar-refractivity contribution in [2.24, 2.45) is 5.73 Å². The molecule has 1 aromatic heterocycles. The van der Waals surface area contributed by atoms with Crippen molar-refractivity contribution in [2.45, 2.75) is 25.8 Å². The average molecular weight is 271 g/mol. The van der Waals surface area contributed by atoms with Crippen molar-refractivity contribution in [3.05, 3.63) is 32.2 Å². The highest BCUT2D eigenvalue weighted by Crippen LogP contribution is 2.36. The van der Waals surface area contributed by atoms with Crippen LogP contribution < -0.4 is 11.2 Å². The second-order valence-corrected chi connectivity index (χ2v) is 4.57. The second-order valence-electron chi connectivity index (χ2n) is 3.77. The summed E-state index contributed by atoms with van der Waals surface area (Å²) >= 11 is 3.20. The first-order chi connectivity index (χ1) is 7.02. The number of primary amides is 1. The standard InChI is InChI=1S/C10H11BrN2O2/c1-5-8(11)9(14)7(10(12)15)4-13(5)6-2-3-6/h4,6H,2-3H2,1H3,(H2,12,15). The molecule has 15 heavy (non-hydrogen) atoms. The molecule has 2 rings (SSSR count). The lowest BCUT2D eigenvalue weighted by Crippen LogP contribution is -2.25. The highest BCUT2D eigenvalue weighted by atomic mass is 79.9. The number of hydrogen-bond acceptors (Lipinski definition) is 2. The lowest BCUT2D eigenvalue weighted by Gasteiger charge is -2.12. The minimum atomic E-state index is -0.671. The molecule has 1 aromatic rings. The molecule has 0 atom stereocenters. The van der Waals surface area contributed by atoms with Gasteiger partial charge in [-0.25, -0.2) is 0 Å². The van der Waals surface area contributed by atoms with Crippen LogP contribution in [0.5, 0.6) is 0 Å². The van der Waals surface area contributed by atoms with Crippen LogP contribution in [0.25, 0.3) is 0 Å². The van der Waals surface area contributed by atoms with Gasteiger partial charge in [0.05, 0.1) is 4.47 Å². The summed E-state index contributed by atoms with van der Waals surface area (Å²) in [6.07, 6.45) is 3.76. The van der Waals surface area contributed by atoms with Crippen molar-refractivity contribution >= 4 is 21.8 Å². The Bertz CT molecular complexity index is 489. The number of hydrogen-bond donors (Lipinski definition) is 1. The van der Waals surface area contributed by atoms with E-state index in [1.165, 1.54) is 0 Å². The maximum Gasteiger partial charge on any atom is 0.254 e. The first-order valence-corrected chi connectivity index (χ1v) is 5.52.